The van der Waals surface area contributed by atoms with Crippen LogP contribution in [0.2, 0.25) is 0 Å². The molecular formula is C15H23N3O2. The number of anilines is 1. The molecular weight excluding hydrogens is 254 g/mol. The maximum Gasteiger partial charge on any atom is 0.410 e. The first-order valence-electron chi connectivity index (χ1n) is 11.8. The number of nitrogen functional groups attached to an aromatic ring is 1. The van der Waals surface area contributed by atoms with Gasteiger partial charge in [0.05, 0.1) is 12.5 Å². The zero-order valence-corrected chi connectivity index (χ0v) is 11.3. The number of hydrogen-bond acceptors (Lipinski definition) is 4. The third-order valence-corrected chi connectivity index (χ3v) is 2.01. The van der Waals surface area contributed by atoms with E-state index in [4.69, 9.17) is 26.9 Å². The van der Waals surface area contributed by atoms with Gasteiger partial charge in [-0.05, 0) is 45.1 Å². The molecule has 1 aromatic rings. The number of nitrogens with zero attached hydrogens (tertiary/aromatic N) is 2. The molecule has 20 heavy (non-hydrogen) atoms. The van der Waals surface area contributed by atoms with E-state index in [0.717, 1.165) is 0 Å². The van der Waals surface area contributed by atoms with Crippen LogP contribution in [0.4, 0.5) is 10.5 Å². The molecule has 2 N–H and O–H groups in total. The lowest BCUT2D eigenvalue weighted by atomic mass is 9.92. The molecule has 1 aliphatic heterocycles. The first-order valence-corrected chi connectivity index (χ1v) is 5.77. The highest BCUT2D eigenvalue weighted by Gasteiger charge is 2.28. The van der Waals surface area contributed by atoms with E-state index in [9.17, 15) is 4.79 Å². The predicted molar refractivity (Wildman–Crippen MR) is 78.4 cm³/mol. The Balaban J connectivity index is 3.01. The minimum Gasteiger partial charge on any atom is -0.444 e. The van der Waals surface area contributed by atoms with Gasteiger partial charge in [0.25, 0.3) is 0 Å². The molecule has 2 rings (SSSR count). The standard InChI is InChI=1S/C15H23N3O2/c1-15(2,3)20-14(19)18-6-4-5-11(10-18)12-7-13(16)9-17-8-12/h7-9,11H,4-6,10,16H2,1-3H3/i4D2,5D2,6D2,7D,8D,9D,10D2,11D. The first-order chi connectivity index (χ1) is 14.0. The number of nitrogens with two attached hydrogens (primary N) is 1. The third kappa shape index (κ3) is 3.85. The molecule has 0 aliphatic carbocycles. The predicted octanol–water partition coefficient (Wildman–Crippen LogP) is 2.78. The summed E-state index contributed by atoms with van der Waals surface area (Å²) in [7, 11) is 0. The molecule has 1 aromatic heterocycles. The SMILES string of the molecule is [2H]c1nc([2H])c(C2([2H])C([2H])([2H])N(C(=O)OC(C)(C)C)C([2H])([2H])C([2H])([2H])C2([2H])[2H])c([2H])c1N. The normalized spacial score (nSPS) is 42.2. The molecule has 1 saturated heterocycles. The van der Waals surface area contributed by atoms with Crippen molar-refractivity contribution in [3.63, 3.8) is 0 Å². The van der Waals surface area contributed by atoms with Gasteiger partial charge in [-0.2, -0.15) is 0 Å². The van der Waals surface area contributed by atoms with Crippen molar-refractivity contribution >= 4 is 11.8 Å². The molecule has 1 aliphatic rings. The van der Waals surface area contributed by atoms with Crippen molar-refractivity contribution in [3.05, 3.63) is 24.0 Å². The summed E-state index contributed by atoms with van der Waals surface area (Å²) in [5, 5.41) is 0. The summed E-state index contributed by atoms with van der Waals surface area (Å²) in [6.45, 7) is -3.27. The highest BCUT2D eigenvalue weighted by Crippen LogP contribution is 2.28. The number of rotatable bonds is 1. The monoisotopic (exact) mass is 289 g/mol. The van der Waals surface area contributed by atoms with Gasteiger partial charge in [-0.15, -0.1) is 0 Å². The Hall–Kier alpha value is -1.78. The highest BCUT2D eigenvalue weighted by molar-refractivity contribution is 5.68. The Kier molecular flexibility index (Phi) is 1.58. The number of aromatic nitrogens is 1. The van der Waals surface area contributed by atoms with E-state index < -0.39 is 73.0 Å². The topological polar surface area (TPSA) is 68.5 Å². The van der Waals surface area contributed by atoms with Crippen LogP contribution in [-0.2, 0) is 4.74 Å². The second-order valence-electron chi connectivity index (χ2n) is 4.91. The fourth-order valence-corrected chi connectivity index (χ4v) is 1.28. The summed E-state index contributed by atoms with van der Waals surface area (Å²) in [5.41, 5.74) is 2.40. The van der Waals surface area contributed by atoms with Crippen molar-refractivity contribution in [1.82, 2.24) is 9.88 Å². The van der Waals surface area contributed by atoms with Crippen LogP contribution in [0.3, 0.4) is 0 Å². The van der Waals surface area contributed by atoms with E-state index in [0.29, 0.717) is 0 Å². The summed E-state index contributed by atoms with van der Waals surface area (Å²) in [6.07, 6.45) is -11.1. The lowest BCUT2D eigenvalue weighted by Gasteiger charge is -2.34. The van der Waals surface area contributed by atoms with Crippen LogP contribution >= 0.6 is 0 Å². The van der Waals surface area contributed by atoms with Crippen LogP contribution in [-0.4, -0.2) is 34.6 Å². The minimum atomic E-state index is -3.78. The molecule has 0 radical (unpaired) electrons. The smallest absolute Gasteiger partial charge is 0.410 e. The Morgan fingerprint density at radius 3 is 3.10 bits per heavy atom. The second kappa shape index (κ2) is 5.69. The first kappa shape index (κ1) is 5.54. The zero-order valence-electron chi connectivity index (χ0n) is 23.3. The zero-order chi connectivity index (χ0) is 25.5. The summed E-state index contributed by atoms with van der Waals surface area (Å²) in [4.78, 5) is 15.9. The van der Waals surface area contributed by atoms with Crippen LogP contribution in [0, 0.1) is 0 Å². The number of amides is 1. The second-order valence-corrected chi connectivity index (χ2v) is 4.91. The van der Waals surface area contributed by atoms with Gasteiger partial charge in [0, 0.05) is 40.8 Å². The maximum absolute atomic E-state index is 12.8. The van der Waals surface area contributed by atoms with Crippen molar-refractivity contribution in [2.75, 3.05) is 18.7 Å². The number of hydrogen-bond donors (Lipinski definition) is 1. The molecule has 5 nitrogen and oxygen atoms in total. The summed E-state index contributed by atoms with van der Waals surface area (Å²) < 4.78 is 104. The van der Waals surface area contributed by atoms with Crippen molar-refractivity contribution in [2.45, 2.75) is 45.0 Å². The van der Waals surface area contributed by atoms with Crippen molar-refractivity contribution in [2.24, 2.45) is 0 Å². The summed E-state index contributed by atoms with van der Waals surface area (Å²) in [6, 6.07) is -1.03. The van der Waals surface area contributed by atoms with Crippen LogP contribution in [0.1, 0.15) is 61.4 Å². The Morgan fingerprint density at radius 1 is 1.65 bits per heavy atom. The van der Waals surface area contributed by atoms with Gasteiger partial charge in [0.15, 0.2) is 0 Å². The molecule has 1 fully saturated rings. The number of likely N-dealkylation sites (tertiary alicyclic amines) is 1. The minimum absolute atomic E-state index is 0.358. The van der Waals surface area contributed by atoms with Crippen LogP contribution in [0.15, 0.2) is 18.4 Å². The molecule has 1 amide bonds. The van der Waals surface area contributed by atoms with Gasteiger partial charge in [-0.3, -0.25) is 4.98 Å². The molecule has 1 unspecified atom stereocenters. The molecule has 1 atom stereocenters. The molecule has 0 bridgehead atoms. The van der Waals surface area contributed by atoms with Crippen molar-refractivity contribution in [1.29, 1.82) is 0 Å². The number of carbonyl (C=O) groups is 1. The average Bonchev–Trinajstić information content (AvgIpc) is 2.55. The number of ether oxygens (including phenoxy) is 1. The molecule has 0 aromatic carbocycles. The molecule has 0 saturated carbocycles. The average molecular weight is 289 g/mol. The Bertz CT molecular complexity index is 962. The van der Waals surface area contributed by atoms with E-state index in [1.807, 2.05) is 0 Å². The number of pyridine rings is 1. The molecule has 2 heterocycles. The Labute approximate surface area is 137 Å². The van der Waals surface area contributed by atoms with E-state index >= 15 is 0 Å². The largest absolute Gasteiger partial charge is 0.444 e. The lowest BCUT2D eigenvalue weighted by molar-refractivity contribution is 0.0198. The number of piperidine rings is 1. The van der Waals surface area contributed by atoms with Gasteiger partial charge in [-0.25, -0.2) is 4.79 Å². The van der Waals surface area contributed by atoms with Gasteiger partial charge in [0.2, 0.25) is 0 Å². The quantitative estimate of drug-likeness (QED) is 0.863. The van der Waals surface area contributed by atoms with E-state index in [2.05, 4.69) is 4.98 Å². The highest BCUT2D eigenvalue weighted by atomic mass is 16.6. The number of carbonyl (C=O) groups excluding carboxylic acids is 1. The molecule has 0 spiro atoms. The van der Waals surface area contributed by atoms with Gasteiger partial charge in [-0.1, -0.05) is 0 Å². The van der Waals surface area contributed by atoms with Crippen molar-refractivity contribution < 1.29 is 26.0 Å². The Morgan fingerprint density at radius 2 is 2.40 bits per heavy atom. The van der Waals surface area contributed by atoms with Gasteiger partial charge >= 0.3 is 6.09 Å². The van der Waals surface area contributed by atoms with E-state index in [1.165, 1.54) is 20.8 Å². The summed E-state index contributed by atoms with van der Waals surface area (Å²) >= 11 is 0. The van der Waals surface area contributed by atoms with Gasteiger partial charge in [0.1, 0.15) is 5.60 Å². The maximum atomic E-state index is 12.8. The fraction of sp³-hybridized carbons (Fsp3) is 0.600. The lowest BCUT2D eigenvalue weighted by Crippen LogP contribution is -2.42. The van der Waals surface area contributed by atoms with E-state index in [-0.39, 0.29) is 4.90 Å². The van der Waals surface area contributed by atoms with Crippen LogP contribution < -0.4 is 5.73 Å². The van der Waals surface area contributed by atoms with E-state index in [1.54, 1.807) is 0 Å². The van der Waals surface area contributed by atoms with Crippen LogP contribution in [0.5, 0.6) is 0 Å². The van der Waals surface area contributed by atoms with Gasteiger partial charge < -0.3 is 15.4 Å². The molecule has 5 heteroatoms. The summed E-state index contributed by atoms with van der Waals surface area (Å²) in [5.74, 6) is -3.63. The van der Waals surface area contributed by atoms with Crippen molar-refractivity contribution in [3.8, 4) is 0 Å². The third-order valence-electron chi connectivity index (χ3n) is 2.01. The molecule has 110 valence electrons. The van der Waals surface area contributed by atoms with Crippen LogP contribution in [0.25, 0.3) is 0 Å². The fourth-order valence-electron chi connectivity index (χ4n) is 1.28.